The quantitative estimate of drug-likeness (QED) is 0.601. The number of anilines is 1. The first-order valence-corrected chi connectivity index (χ1v) is 7.56. The van der Waals surface area contributed by atoms with Crippen molar-refractivity contribution in [3.63, 3.8) is 0 Å². The Labute approximate surface area is 135 Å². The average molecular weight is 333 g/mol. The highest BCUT2D eigenvalue weighted by atomic mass is 32.2. The number of rotatable bonds is 2. The van der Waals surface area contributed by atoms with Gasteiger partial charge in [-0.25, -0.2) is 8.78 Å². The van der Waals surface area contributed by atoms with E-state index in [1.54, 1.807) is 24.3 Å². The molecule has 2 aromatic carbocycles. The zero-order valence-corrected chi connectivity index (χ0v) is 12.8. The third kappa shape index (κ3) is 2.93. The normalized spacial score (nSPS) is 16.6. The van der Waals surface area contributed by atoms with Crippen LogP contribution in [0.4, 0.5) is 14.5 Å². The van der Waals surface area contributed by atoms with E-state index in [0.29, 0.717) is 20.5 Å². The van der Waals surface area contributed by atoms with Crippen LogP contribution in [0.5, 0.6) is 0 Å². The van der Waals surface area contributed by atoms with Crippen molar-refractivity contribution in [3.05, 3.63) is 70.6 Å². The number of benzene rings is 2. The molecule has 110 valence electrons. The maximum atomic E-state index is 13.3. The van der Waals surface area contributed by atoms with E-state index >= 15 is 0 Å². The molecule has 0 atom stereocenters. The van der Waals surface area contributed by atoms with Crippen LogP contribution in [-0.4, -0.2) is 10.2 Å². The minimum absolute atomic E-state index is 0.315. The van der Waals surface area contributed by atoms with Crippen LogP contribution in [0.1, 0.15) is 5.56 Å². The van der Waals surface area contributed by atoms with Crippen LogP contribution in [0, 0.1) is 11.6 Å². The van der Waals surface area contributed by atoms with Crippen molar-refractivity contribution in [2.75, 3.05) is 4.90 Å². The van der Waals surface area contributed by atoms with Gasteiger partial charge in [-0.1, -0.05) is 42.2 Å². The minimum Gasteiger partial charge on any atom is -0.268 e. The van der Waals surface area contributed by atoms with Crippen molar-refractivity contribution in [2.45, 2.75) is 0 Å². The smallest absolute Gasteiger partial charge is 0.268 e. The Balaban J connectivity index is 1.93. The molecule has 2 nitrogen and oxygen atoms in total. The fourth-order valence-electron chi connectivity index (χ4n) is 2.02. The molecule has 0 bridgehead atoms. The molecular weight excluding hydrogens is 324 g/mol. The minimum atomic E-state index is -0.436. The second-order valence-corrected chi connectivity index (χ2v) is 6.22. The molecule has 1 amide bonds. The number of thiocarbonyl (C=S) groups is 1. The molecule has 3 rings (SSSR count). The lowest BCUT2D eigenvalue weighted by Crippen LogP contribution is -2.27. The van der Waals surface area contributed by atoms with E-state index in [1.165, 1.54) is 35.2 Å². The Kier molecular flexibility index (Phi) is 4.04. The third-order valence-electron chi connectivity index (χ3n) is 3.03. The summed E-state index contributed by atoms with van der Waals surface area (Å²) in [5.41, 5.74) is 1.09. The number of nitrogens with zero attached hydrogens (tertiary/aromatic N) is 1. The van der Waals surface area contributed by atoms with Crippen molar-refractivity contribution in [1.29, 1.82) is 0 Å². The lowest BCUT2D eigenvalue weighted by atomic mass is 10.2. The SMILES string of the molecule is O=C1/C(=C/c2ccc(F)cc2)SC(=S)N1c1cccc(F)c1. The first-order chi connectivity index (χ1) is 10.5. The number of hydrogen-bond acceptors (Lipinski definition) is 3. The first-order valence-electron chi connectivity index (χ1n) is 6.34. The van der Waals surface area contributed by atoms with Crippen molar-refractivity contribution in [2.24, 2.45) is 0 Å². The van der Waals surface area contributed by atoms with E-state index in [1.807, 2.05) is 0 Å². The predicted molar refractivity (Wildman–Crippen MR) is 88.5 cm³/mol. The highest BCUT2D eigenvalue weighted by Gasteiger charge is 2.33. The number of carbonyl (C=O) groups excluding carboxylic acids is 1. The van der Waals surface area contributed by atoms with Gasteiger partial charge in [-0.15, -0.1) is 0 Å². The molecule has 1 aliphatic heterocycles. The summed E-state index contributed by atoms with van der Waals surface area (Å²) >= 11 is 6.34. The van der Waals surface area contributed by atoms with Crippen LogP contribution in [0.15, 0.2) is 53.4 Å². The molecule has 1 fully saturated rings. The van der Waals surface area contributed by atoms with Gasteiger partial charge < -0.3 is 0 Å². The third-order valence-corrected chi connectivity index (χ3v) is 4.33. The molecule has 0 aromatic heterocycles. The van der Waals surface area contributed by atoms with Gasteiger partial charge in [0.1, 0.15) is 11.6 Å². The Bertz CT molecular complexity index is 787. The van der Waals surface area contributed by atoms with Crippen LogP contribution in [-0.2, 0) is 4.79 Å². The molecule has 0 saturated carbocycles. The van der Waals surface area contributed by atoms with Gasteiger partial charge in [0.2, 0.25) is 0 Å². The van der Waals surface area contributed by atoms with Gasteiger partial charge in [-0.05, 0) is 42.0 Å². The van der Waals surface area contributed by atoms with E-state index in [2.05, 4.69) is 0 Å². The van der Waals surface area contributed by atoms with E-state index in [0.717, 1.165) is 11.8 Å². The molecule has 0 unspecified atom stereocenters. The largest absolute Gasteiger partial charge is 0.270 e. The first kappa shape index (κ1) is 14.9. The summed E-state index contributed by atoms with van der Waals surface area (Å²) in [5.74, 6) is -1.09. The Morgan fingerprint density at radius 3 is 2.45 bits per heavy atom. The van der Waals surface area contributed by atoms with Crippen LogP contribution in [0.2, 0.25) is 0 Å². The Hall–Kier alpha value is -2.05. The van der Waals surface area contributed by atoms with Crippen LogP contribution < -0.4 is 4.90 Å². The van der Waals surface area contributed by atoms with E-state index in [4.69, 9.17) is 12.2 Å². The monoisotopic (exact) mass is 333 g/mol. The summed E-state index contributed by atoms with van der Waals surface area (Å²) in [7, 11) is 0. The number of thioether (sulfide) groups is 1. The zero-order valence-electron chi connectivity index (χ0n) is 11.1. The second-order valence-electron chi connectivity index (χ2n) is 4.55. The summed E-state index contributed by atoms with van der Waals surface area (Å²) in [5, 5.41) is 0. The summed E-state index contributed by atoms with van der Waals surface area (Å²) in [6.45, 7) is 0. The molecule has 0 aliphatic carbocycles. The molecule has 0 radical (unpaired) electrons. The molecule has 22 heavy (non-hydrogen) atoms. The van der Waals surface area contributed by atoms with Gasteiger partial charge in [0.15, 0.2) is 4.32 Å². The summed E-state index contributed by atoms with van der Waals surface area (Å²) < 4.78 is 26.6. The van der Waals surface area contributed by atoms with E-state index < -0.39 is 5.82 Å². The van der Waals surface area contributed by atoms with Crippen LogP contribution in [0.25, 0.3) is 6.08 Å². The number of hydrogen-bond donors (Lipinski definition) is 0. The Morgan fingerprint density at radius 1 is 1.05 bits per heavy atom. The van der Waals surface area contributed by atoms with E-state index in [9.17, 15) is 13.6 Å². The summed E-state index contributed by atoms with van der Waals surface area (Å²) in [6, 6.07) is 11.5. The summed E-state index contributed by atoms with van der Waals surface area (Å²) in [6.07, 6.45) is 1.64. The predicted octanol–water partition coefficient (Wildman–Crippen LogP) is 4.37. The fourth-order valence-corrected chi connectivity index (χ4v) is 3.31. The molecule has 0 spiro atoms. The van der Waals surface area contributed by atoms with Gasteiger partial charge in [0, 0.05) is 0 Å². The van der Waals surface area contributed by atoms with Gasteiger partial charge in [-0.2, -0.15) is 0 Å². The van der Waals surface area contributed by atoms with Crippen LogP contribution in [0.3, 0.4) is 0 Å². The van der Waals surface area contributed by atoms with Gasteiger partial charge in [0.25, 0.3) is 5.91 Å². The average Bonchev–Trinajstić information content (AvgIpc) is 2.76. The number of amides is 1. The zero-order chi connectivity index (χ0) is 15.7. The highest BCUT2D eigenvalue weighted by Crippen LogP contribution is 2.36. The molecule has 2 aromatic rings. The fraction of sp³-hybridized carbons (Fsp3) is 0. The molecule has 6 heteroatoms. The number of carbonyl (C=O) groups is 1. The summed E-state index contributed by atoms with van der Waals surface area (Å²) in [4.78, 5) is 14.2. The lowest BCUT2D eigenvalue weighted by Gasteiger charge is -2.14. The van der Waals surface area contributed by atoms with Crippen molar-refractivity contribution in [3.8, 4) is 0 Å². The van der Waals surface area contributed by atoms with Crippen molar-refractivity contribution >= 4 is 46.0 Å². The van der Waals surface area contributed by atoms with Gasteiger partial charge in [0.05, 0.1) is 10.6 Å². The van der Waals surface area contributed by atoms with E-state index in [-0.39, 0.29) is 11.7 Å². The molecule has 0 N–H and O–H groups in total. The standard InChI is InChI=1S/C16H9F2NOS2/c17-11-6-4-10(5-7-11)8-14-15(20)19(16(21)22-14)13-3-1-2-12(18)9-13/h1-9H/b14-8-. The van der Waals surface area contributed by atoms with Crippen LogP contribution >= 0.6 is 24.0 Å². The second kappa shape index (κ2) is 5.98. The maximum Gasteiger partial charge on any atom is 0.270 e. The topological polar surface area (TPSA) is 20.3 Å². The molecular formula is C16H9F2NOS2. The molecule has 1 aliphatic rings. The molecule has 1 saturated heterocycles. The van der Waals surface area contributed by atoms with Crippen molar-refractivity contribution < 1.29 is 13.6 Å². The Morgan fingerprint density at radius 2 is 1.77 bits per heavy atom. The van der Waals surface area contributed by atoms with Gasteiger partial charge >= 0.3 is 0 Å². The lowest BCUT2D eigenvalue weighted by molar-refractivity contribution is -0.113. The highest BCUT2D eigenvalue weighted by molar-refractivity contribution is 8.27. The van der Waals surface area contributed by atoms with Gasteiger partial charge in [-0.3, -0.25) is 9.69 Å². The maximum absolute atomic E-state index is 13.3. The molecule has 1 heterocycles. The number of halogens is 2. The van der Waals surface area contributed by atoms with Crippen molar-refractivity contribution in [1.82, 2.24) is 0 Å².